The molecule has 0 unspecified atom stereocenters. The number of hydrogen-bond donors (Lipinski definition) is 0. The molecule has 0 bridgehead atoms. The van der Waals surface area contributed by atoms with Crippen molar-refractivity contribution in [3.63, 3.8) is 0 Å². The van der Waals surface area contributed by atoms with Crippen molar-refractivity contribution in [1.29, 1.82) is 0 Å². The highest BCUT2D eigenvalue weighted by molar-refractivity contribution is 5.82. The van der Waals surface area contributed by atoms with Crippen molar-refractivity contribution in [2.24, 2.45) is 0 Å². The second-order valence-corrected chi connectivity index (χ2v) is 7.93. The molecule has 3 aromatic rings. The van der Waals surface area contributed by atoms with E-state index in [-0.39, 0.29) is 0 Å². The number of benzene rings is 3. The Hall–Kier alpha value is -5.10. The summed E-state index contributed by atoms with van der Waals surface area (Å²) in [4.78, 5) is 21.9. The highest BCUT2D eigenvalue weighted by Gasteiger charge is 2.03. The number of carbonyl (C=O) groups is 2. The number of carbonyl (C=O) groups excluding carboxylic acids is 2. The summed E-state index contributed by atoms with van der Waals surface area (Å²) in [6.45, 7) is 13.6. The van der Waals surface area contributed by atoms with E-state index in [0.717, 1.165) is 45.9 Å². The predicted molar refractivity (Wildman–Crippen MR) is 160 cm³/mol. The maximum atomic E-state index is 11.0. The van der Waals surface area contributed by atoms with E-state index in [4.69, 9.17) is 18.9 Å². The van der Waals surface area contributed by atoms with Crippen LogP contribution in [0.5, 0.6) is 11.5 Å². The first-order valence-electron chi connectivity index (χ1n) is 12.6. The first-order valence-corrected chi connectivity index (χ1v) is 12.6. The maximum absolute atomic E-state index is 11.0. The molecule has 0 aliphatic heterocycles. The zero-order chi connectivity index (χ0) is 29.0. The molecule has 6 heteroatoms. The molecule has 0 N–H and O–H groups in total. The van der Waals surface area contributed by atoms with Gasteiger partial charge in [0, 0.05) is 25.0 Å². The average Bonchev–Trinajstić information content (AvgIpc) is 3.02. The van der Waals surface area contributed by atoms with Crippen molar-refractivity contribution < 1.29 is 28.5 Å². The Morgan fingerprint density at radius 1 is 0.550 bits per heavy atom. The van der Waals surface area contributed by atoms with Crippen LogP contribution >= 0.6 is 0 Å². The molecule has 0 fully saturated rings. The van der Waals surface area contributed by atoms with Crippen LogP contribution in [0.1, 0.15) is 12.8 Å². The second-order valence-electron chi connectivity index (χ2n) is 7.93. The third-order valence-corrected chi connectivity index (χ3v) is 5.26. The van der Waals surface area contributed by atoms with Crippen LogP contribution in [0.2, 0.25) is 0 Å². The fourth-order valence-electron chi connectivity index (χ4n) is 3.29. The average molecular weight is 539 g/mol. The summed E-state index contributed by atoms with van der Waals surface area (Å²) in [6, 6.07) is 24.2. The van der Waals surface area contributed by atoms with Crippen LogP contribution in [0.3, 0.4) is 0 Å². The molecule has 0 radical (unpaired) electrons. The van der Waals surface area contributed by atoms with Crippen molar-refractivity contribution in [3.05, 3.63) is 136 Å². The van der Waals surface area contributed by atoms with E-state index in [9.17, 15) is 9.59 Å². The van der Waals surface area contributed by atoms with Gasteiger partial charge in [-0.25, -0.2) is 9.59 Å². The molecule has 0 atom stereocenters. The van der Waals surface area contributed by atoms with E-state index >= 15 is 0 Å². The van der Waals surface area contributed by atoms with E-state index < -0.39 is 11.9 Å². The number of esters is 2. The number of ether oxygens (including phenoxy) is 4. The van der Waals surface area contributed by atoms with Crippen LogP contribution in [-0.2, 0) is 19.1 Å². The van der Waals surface area contributed by atoms with Gasteiger partial charge in [-0.05, 0) is 58.7 Å². The van der Waals surface area contributed by atoms with Gasteiger partial charge in [0.05, 0.1) is 25.7 Å². The van der Waals surface area contributed by atoms with Crippen LogP contribution in [0.15, 0.2) is 136 Å². The molecule has 3 aromatic carbocycles. The molecule has 0 aromatic heterocycles. The normalized spacial score (nSPS) is 10.3. The molecule has 0 aliphatic rings. The highest BCUT2D eigenvalue weighted by atomic mass is 16.5. The van der Waals surface area contributed by atoms with Crippen molar-refractivity contribution in [1.82, 2.24) is 0 Å². The minimum Gasteiger partial charge on any atom is -0.493 e. The van der Waals surface area contributed by atoms with Gasteiger partial charge >= 0.3 is 11.9 Å². The zero-order valence-electron chi connectivity index (χ0n) is 22.5. The van der Waals surface area contributed by atoms with Crippen LogP contribution in [-0.4, -0.2) is 25.2 Å². The van der Waals surface area contributed by atoms with E-state index in [1.165, 1.54) is 12.5 Å². The summed E-state index contributed by atoms with van der Waals surface area (Å²) in [7, 11) is 0. The lowest BCUT2D eigenvalue weighted by atomic mass is 10.0. The summed E-state index contributed by atoms with van der Waals surface area (Å²) >= 11 is 0. The van der Waals surface area contributed by atoms with Gasteiger partial charge < -0.3 is 18.9 Å². The quantitative estimate of drug-likeness (QED) is 0.0684. The molecule has 0 amide bonds. The van der Waals surface area contributed by atoms with Gasteiger partial charge in [-0.1, -0.05) is 61.7 Å². The second kappa shape index (κ2) is 18.2. The predicted octanol–water partition coefficient (Wildman–Crippen LogP) is 7.85. The zero-order valence-corrected chi connectivity index (χ0v) is 22.5. The minimum absolute atomic E-state index is 0.476. The Morgan fingerprint density at radius 2 is 0.850 bits per heavy atom. The Bertz CT molecular complexity index is 1170. The molecule has 206 valence electrons. The number of hydrogen-bond acceptors (Lipinski definition) is 6. The minimum atomic E-state index is -0.485. The lowest BCUT2D eigenvalue weighted by Gasteiger charge is -2.09. The Labute approximate surface area is 236 Å². The summed E-state index contributed by atoms with van der Waals surface area (Å²) < 4.78 is 21.0. The molecule has 0 saturated heterocycles. The largest absolute Gasteiger partial charge is 0.493 e. The van der Waals surface area contributed by atoms with E-state index in [2.05, 4.69) is 50.6 Å². The van der Waals surface area contributed by atoms with Gasteiger partial charge in [0.25, 0.3) is 0 Å². The molecule has 0 heterocycles. The maximum Gasteiger partial charge on any atom is 0.334 e. The van der Waals surface area contributed by atoms with Gasteiger partial charge in [-0.15, -0.1) is 13.2 Å². The van der Waals surface area contributed by atoms with Crippen LogP contribution in [0, 0.1) is 0 Å². The summed E-state index contributed by atoms with van der Waals surface area (Å²) in [5, 5.41) is 0. The summed E-state index contributed by atoms with van der Waals surface area (Å²) in [5.41, 5.74) is 4.41. The molecule has 0 saturated carbocycles. The van der Waals surface area contributed by atoms with E-state index in [1.807, 2.05) is 48.5 Å². The Kier molecular flexibility index (Phi) is 14.2. The van der Waals surface area contributed by atoms with E-state index in [1.54, 1.807) is 12.2 Å². The van der Waals surface area contributed by atoms with Crippen molar-refractivity contribution >= 4 is 11.9 Å². The van der Waals surface area contributed by atoms with Gasteiger partial charge in [-0.2, -0.15) is 0 Å². The van der Waals surface area contributed by atoms with Crippen molar-refractivity contribution in [3.8, 4) is 33.8 Å². The highest BCUT2D eigenvalue weighted by Crippen LogP contribution is 2.27. The van der Waals surface area contributed by atoms with E-state index in [0.29, 0.717) is 26.1 Å². The molecular weight excluding hydrogens is 504 g/mol. The molecule has 0 spiro atoms. The lowest BCUT2D eigenvalue weighted by Crippen LogP contribution is -1.96. The standard InChI is InChI=1S/C32H30O6.C2H4/c1-3-31(33)37-23-7-5-21-35-29-17-13-27(14-18-29)25-9-11-26(12-10-25)28-15-19-30(20-16-28)36-22-6-8-24-38-32(34)4-2;1-2/h3-4,7-20,23-24H,1-2,5-6,21-22H2;1-2H2/b23-7+,24-8+;. The SMILES string of the molecule is C=C.C=CC(=O)O/C=C/CCOc1ccc(-c2ccc(-c3ccc(OCC/C=C/OC(=O)C=C)cc3)cc2)cc1. The first kappa shape index (κ1) is 31.1. The summed E-state index contributed by atoms with van der Waals surface area (Å²) in [6.07, 6.45) is 9.60. The molecule has 0 aliphatic carbocycles. The van der Waals surface area contributed by atoms with Gasteiger partial charge in [0.2, 0.25) is 0 Å². The van der Waals surface area contributed by atoms with Crippen molar-refractivity contribution in [2.45, 2.75) is 12.8 Å². The Morgan fingerprint density at radius 3 is 1.15 bits per heavy atom. The summed E-state index contributed by atoms with van der Waals surface area (Å²) in [5.74, 6) is 0.580. The third kappa shape index (κ3) is 11.1. The van der Waals surface area contributed by atoms with Gasteiger partial charge in [0.15, 0.2) is 0 Å². The molecule has 40 heavy (non-hydrogen) atoms. The number of rotatable bonds is 14. The van der Waals surface area contributed by atoms with Gasteiger partial charge in [-0.3, -0.25) is 0 Å². The molecular formula is C34H34O6. The third-order valence-electron chi connectivity index (χ3n) is 5.26. The van der Waals surface area contributed by atoms with Crippen LogP contribution in [0.4, 0.5) is 0 Å². The molecule has 6 nitrogen and oxygen atoms in total. The fraction of sp³-hybridized carbons (Fsp3) is 0.118. The van der Waals surface area contributed by atoms with Crippen LogP contribution < -0.4 is 9.47 Å². The smallest absolute Gasteiger partial charge is 0.334 e. The monoisotopic (exact) mass is 538 g/mol. The Balaban J connectivity index is 0.00000274. The topological polar surface area (TPSA) is 71.1 Å². The lowest BCUT2D eigenvalue weighted by molar-refractivity contribution is -0.133. The fourth-order valence-corrected chi connectivity index (χ4v) is 3.29. The van der Waals surface area contributed by atoms with Crippen LogP contribution in [0.25, 0.3) is 22.3 Å². The first-order chi connectivity index (χ1) is 19.6. The molecule has 3 rings (SSSR count). The van der Waals surface area contributed by atoms with Crippen molar-refractivity contribution in [2.75, 3.05) is 13.2 Å². The van der Waals surface area contributed by atoms with Gasteiger partial charge in [0.1, 0.15) is 11.5 Å².